The van der Waals surface area contributed by atoms with Gasteiger partial charge in [-0.2, -0.15) is 0 Å². The van der Waals surface area contributed by atoms with Crippen molar-refractivity contribution in [3.63, 3.8) is 0 Å². The zero-order chi connectivity index (χ0) is 8.39. The minimum Gasteiger partial charge on any atom is -0.375 e. The van der Waals surface area contributed by atoms with Crippen LogP contribution >= 0.6 is 0 Å². The second-order valence-electron chi connectivity index (χ2n) is 4.18. The summed E-state index contributed by atoms with van der Waals surface area (Å²) >= 11 is 0. The van der Waals surface area contributed by atoms with Gasteiger partial charge in [-0.1, -0.05) is 0 Å². The third kappa shape index (κ3) is 1.99. The molecular weight excluding hydrogens is 150 g/mol. The fourth-order valence-electron chi connectivity index (χ4n) is 2.33. The maximum atomic E-state index is 5.78. The summed E-state index contributed by atoms with van der Waals surface area (Å²) < 4.78 is 5.78. The van der Waals surface area contributed by atoms with Crippen LogP contribution in [0.3, 0.4) is 0 Å². The van der Waals surface area contributed by atoms with Gasteiger partial charge in [-0.25, -0.2) is 0 Å². The van der Waals surface area contributed by atoms with Crippen LogP contribution in [0.1, 0.15) is 39.0 Å². The zero-order valence-corrected chi connectivity index (χ0v) is 7.88. The van der Waals surface area contributed by atoms with E-state index >= 15 is 0 Å². The summed E-state index contributed by atoms with van der Waals surface area (Å²) in [6, 6.07) is 0.750. The van der Waals surface area contributed by atoms with Crippen molar-refractivity contribution in [2.24, 2.45) is 0 Å². The molecule has 3 unspecified atom stereocenters. The fourth-order valence-corrected chi connectivity index (χ4v) is 2.33. The molecule has 2 aliphatic heterocycles. The number of nitrogens with one attached hydrogen (secondary N) is 1. The summed E-state index contributed by atoms with van der Waals surface area (Å²) in [6.45, 7) is 3.40. The Morgan fingerprint density at radius 2 is 2.25 bits per heavy atom. The normalized spacial score (nSPS) is 42.2. The van der Waals surface area contributed by atoms with Crippen molar-refractivity contribution in [1.29, 1.82) is 0 Å². The molecule has 0 saturated carbocycles. The molecule has 2 nitrogen and oxygen atoms in total. The average Bonchev–Trinajstić information content (AvgIpc) is 2.63. The predicted molar refractivity (Wildman–Crippen MR) is 49.2 cm³/mol. The molecule has 2 fully saturated rings. The topological polar surface area (TPSA) is 21.3 Å². The second-order valence-corrected chi connectivity index (χ2v) is 4.18. The summed E-state index contributed by atoms with van der Waals surface area (Å²) in [6.07, 6.45) is 7.55. The molecule has 0 bridgehead atoms. The molecule has 0 amide bonds. The van der Waals surface area contributed by atoms with Crippen molar-refractivity contribution < 1.29 is 4.74 Å². The molecule has 2 heterocycles. The van der Waals surface area contributed by atoms with E-state index in [1.165, 1.54) is 38.6 Å². The van der Waals surface area contributed by atoms with E-state index in [1.54, 1.807) is 0 Å². The Bertz CT molecular complexity index is 143. The highest BCUT2D eigenvalue weighted by Gasteiger charge is 2.25. The number of rotatable bonds is 2. The number of hydrogen-bond acceptors (Lipinski definition) is 2. The molecule has 0 aromatic rings. The lowest BCUT2D eigenvalue weighted by atomic mass is 10.1. The van der Waals surface area contributed by atoms with Crippen LogP contribution < -0.4 is 5.32 Å². The maximum absolute atomic E-state index is 5.78. The SMILES string of the molecule is CC1CCC(CC2CCCN2)O1. The van der Waals surface area contributed by atoms with Crippen molar-refractivity contribution in [2.45, 2.75) is 57.3 Å². The van der Waals surface area contributed by atoms with E-state index in [0.29, 0.717) is 12.2 Å². The van der Waals surface area contributed by atoms with Gasteiger partial charge in [0.05, 0.1) is 12.2 Å². The quantitative estimate of drug-likeness (QED) is 0.679. The van der Waals surface area contributed by atoms with Gasteiger partial charge in [0.2, 0.25) is 0 Å². The highest BCUT2D eigenvalue weighted by atomic mass is 16.5. The van der Waals surface area contributed by atoms with Crippen LogP contribution in [0.2, 0.25) is 0 Å². The van der Waals surface area contributed by atoms with Gasteiger partial charge in [-0.15, -0.1) is 0 Å². The molecular formula is C10H19NO. The molecule has 2 aliphatic rings. The van der Waals surface area contributed by atoms with Crippen LogP contribution in [-0.2, 0) is 4.74 Å². The standard InChI is InChI=1S/C10H19NO/c1-8-4-5-10(12-8)7-9-3-2-6-11-9/h8-11H,2-7H2,1H3. The van der Waals surface area contributed by atoms with Crippen molar-refractivity contribution in [3.05, 3.63) is 0 Å². The lowest BCUT2D eigenvalue weighted by molar-refractivity contribution is 0.0459. The van der Waals surface area contributed by atoms with E-state index in [0.717, 1.165) is 6.04 Å². The van der Waals surface area contributed by atoms with E-state index in [9.17, 15) is 0 Å². The van der Waals surface area contributed by atoms with E-state index < -0.39 is 0 Å². The minimum absolute atomic E-state index is 0.511. The van der Waals surface area contributed by atoms with Crippen LogP contribution in [-0.4, -0.2) is 24.8 Å². The van der Waals surface area contributed by atoms with Crippen molar-refractivity contribution in [1.82, 2.24) is 5.32 Å². The molecule has 0 radical (unpaired) electrons. The van der Waals surface area contributed by atoms with Gasteiger partial charge in [0.1, 0.15) is 0 Å². The van der Waals surface area contributed by atoms with E-state index in [4.69, 9.17) is 4.74 Å². The molecule has 1 N–H and O–H groups in total. The Labute approximate surface area is 74.7 Å². The first-order valence-corrected chi connectivity index (χ1v) is 5.23. The van der Waals surface area contributed by atoms with Crippen molar-refractivity contribution >= 4 is 0 Å². The van der Waals surface area contributed by atoms with Gasteiger partial charge in [0.25, 0.3) is 0 Å². The number of ether oxygens (including phenoxy) is 1. The Kier molecular flexibility index (Phi) is 2.66. The molecule has 0 aromatic carbocycles. The van der Waals surface area contributed by atoms with Crippen molar-refractivity contribution in [3.8, 4) is 0 Å². The molecule has 12 heavy (non-hydrogen) atoms. The average molecular weight is 169 g/mol. The predicted octanol–water partition coefficient (Wildman–Crippen LogP) is 1.70. The largest absolute Gasteiger partial charge is 0.375 e. The van der Waals surface area contributed by atoms with E-state index in [-0.39, 0.29) is 0 Å². The summed E-state index contributed by atoms with van der Waals surface area (Å²) in [4.78, 5) is 0. The summed E-state index contributed by atoms with van der Waals surface area (Å²) in [7, 11) is 0. The van der Waals surface area contributed by atoms with Gasteiger partial charge < -0.3 is 10.1 Å². The maximum Gasteiger partial charge on any atom is 0.0594 e. The van der Waals surface area contributed by atoms with Gasteiger partial charge in [-0.05, 0) is 45.6 Å². The molecule has 0 aromatic heterocycles. The summed E-state index contributed by atoms with van der Waals surface area (Å²) in [5.41, 5.74) is 0. The van der Waals surface area contributed by atoms with Gasteiger partial charge in [0, 0.05) is 6.04 Å². The molecule has 70 valence electrons. The van der Waals surface area contributed by atoms with Crippen LogP contribution in [0.25, 0.3) is 0 Å². The Morgan fingerprint density at radius 3 is 2.83 bits per heavy atom. The van der Waals surface area contributed by atoms with E-state index in [2.05, 4.69) is 12.2 Å². The zero-order valence-electron chi connectivity index (χ0n) is 7.88. The first-order chi connectivity index (χ1) is 5.84. The first kappa shape index (κ1) is 8.52. The van der Waals surface area contributed by atoms with Gasteiger partial charge in [-0.3, -0.25) is 0 Å². The molecule has 2 rings (SSSR count). The highest BCUT2D eigenvalue weighted by Crippen LogP contribution is 2.24. The van der Waals surface area contributed by atoms with Crippen LogP contribution in [0.15, 0.2) is 0 Å². The first-order valence-electron chi connectivity index (χ1n) is 5.23. The molecule has 0 spiro atoms. The Balaban J connectivity index is 1.72. The lowest BCUT2D eigenvalue weighted by Crippen LogP contribution is -2.26. The molecule has 3 atom stereocenters. The molecule has 2 saturated heterocycles. The van der Waals surface area contributed by atoms with Crippen LogP contribution in [0.5, 0.6) is 0 Å². The molecule has 0 aliphatic carbocycles. The Morgan fingerprint density at radius 1 is 1.33 bits per heavy atom. The minimum atomic E-state index is 0.511. The molecule has 2 heteroatoms. The summed E-state index contributed by atoms with van der Waals surface area (Å²) in [5.74, 6) is 0. The Hall–Kier alpha value is -0.0800. The second kappa shape index (κ2) is 3.75. The van der Waals surface area contributed by atoms with Gasteiger partial charge in [0.15, 0.2) is 0 Å². The van der Waals surface area contributed by atoms with Gasteiger partial charge >= 0.3 is 0 Å². The number of hydrogen-bond donors (Lipinski definition) is 1. The lowest BCUT2D eigenvalue weighted by Gasteiger charge is -2.15. The van der Waals surface area contributed by atoms with Crippen LogP contribution in [0.4, 0.5) is 0 Å². The third-order valence-electron chi connectivity index (χ3n) is 3.03. The highest BCUT2D eigenvalue weighted by molar-refractivity contribution is 4.80. The fraction of sp³-hybridized carbons (Fsp3) is 1.00. The van der Waals surface area contributed by atoms with Crippen molar-refractivity contribution in [2.75, 3.05) is 6.54 Å². The van der Waals surface area contributed by atoms with E-state index in [1.807, 2.05) is 0 Å². The van der Waals surface area contributed by atoms with Crippen LogP contribution in [0, 0.1) is 0 Å². The summed E-state index contributed by atoms with van der Waals surface area (Å²) in [5, 5.41) is 3.52. The monoisotopic (exact) mass is 169 g/mol. The smallest absolute Gasteiger partial charge is 0.0594 e. The third-order valence-corrected chi connectivity index (χ3v) is 3.03.